The number of hydrogen-bond donors (Lipinski definition) is 3. The lowest BCUT2D eigenvalue weighted by Crippen LogP contribution is -2.43. The van der Waals surface area contributed by atoms with Gasteiger partial charge in [-0.2, -0.15) is 0 Å². The van der Waals surface area contributed by atoms with E-state index in [4.69, 9.17) is 10.8 Å². The van der Waals surface area contributed by atoms with Crippen molar-refractivity contribution in [3.63, 3.8) is 0 Å². The molecule has 1 heterocycles. The first-order valence-electron chi connectivity index (χ1n) is 4.90. The number of aliphatic hydroxyl groups excluding tert-OH is 2. The summed E-state index contributed by atoms with van der Waals surface area (Å²) in [5.74, 6) is 0. The quantitative estimate of drug-likeness (QED) is 0.551. The first-order chi connectivity index (χ1) is 7.51. The Hall–Kier alpha value is -1.60. The van der Waals surface area contributed by atoms with Gasteiger partial charge in [-0.25, -0.2) is 4.79 Å². The molecule has 7 nitrogen and oxygen atoms in total. The summed E-state index contributed by atoms with van der Waals surface area (Å²) < 4.78 is 2.08. The normalized spacial score (nSPS) is 12.7. The van der Waals surface area contributed by atoms with E-state index in [1.165, 1.54) is 10.8 Å². The molecule has 16 heavy (non-hydrogen) atoms. The maximum atomic E-state index is 11.7. The van der Waals surface area contributed by atoms with E-state index in [0.717, 1.165) is 4.57 Å². The van der Waals surface area contributed by atoms with Crippen LogP contribution in [0, 0.1) is 0 Å². The van der Waals surface area contributed by atoms with Crippen molar-refractivity contribution in [3.8, 4) is 0 Å². The summed E-state index contributed by atoms with van der Waals surface area (Å²) in [6, 6.07) is 0. The molecule has 0 spiro atoms. The van der Waals surface area contributed by atoms with Gasteiger partial charge in [0.05, 0.1) is 19.3 Å². The van der Waals surface area contributed by atoms with Gasteiger partial charge in [0.15, 0.2) is 0 Å². The van der Waals surface area contributed by atoms with Gasteiger partial charge in [-0.3, -0.25) is 13.9 Å². The fourth-order valence-electron chi connectivity index (χ4n) is 1.33. The van der Waals surface area contributed by atoms with E-state index in [1.807, 2.05) is 0 Å². The molecule has 7 heteroatoms. The van der Waals surface area contributed by atoms with E-state index in [1.54, 1.807) is 6.92 Å². The summed E-state index contributed by atoms with van der Waals surface area (Å²) in [7, 11) is 0. The number of nitrogen functional groups attached to an aromatic ring is 1. The first kappa shape index (κ1) is 12.5. The average Bonchev–Trinajstić information content (AvgIpc) is 2.28. The average molecular weight is 229 g/mol. The number of aliphatic hydroxyl groups is 2. The number of anilines is 1. The summed E-state index contributed by atoms with van der Waals surface area (Å²) in [5, 5.41) is 17.9. The Kier molecular flexibility index (Phi) is 3.86. The lowest BCUT2D eigenvalue weighted by Gasteiger charge is -2.12. The minimum Gasteiger partial charge on any atom is -0.394 e. The second-order valence-electron chi connectivity index (χ2n) is 3.41. The van der Waals surface area contributed by atoms with Gasteiger partial charge in [0, 0.05) is 12.7 Å². The van der Waals surface area contributed by atoms with Gasteiger partial charge in [0.1, 0.15) is 5.69 Å². The Bertz CT molecular complexity index is 477. The van der Waals surface area contributed by atoms with Crippen molar-refractivity contribution in [1.82, 2.24) is 9.13 Å². The van der Waals surface area contributed by atoms with E-state index >= 15 is 0 Å². The van der Waals surface area contributed by atoms with Crippen LogP contribution in [0.15, 0.2) is 15.8 Å². The van der Waals surface area contributed by atoms with Crippen LogP contribution in [-0.4, -0.2) is 32.1 Å². The van der Waals surface area contributed by atoms with Gasteiger partial charge in [0.2, 0.25) is 0 Å². The molecule has 0 aliphatic rings. The monoisotopic (exact) mass is 229 g/mol. The van der Waals surface area contributed by atoms with E-state index in [0.29, 0.717) is 6.54 Å². The molecule has 0 fully saturated rings. The molecular weight excluding hydrogens is 214 g/mol. The van der Waals surface area contributed by atoms with E-state index in [-0.39, 0.29) is 12.2 Å². The van der Waals surface area contributed by atoms with E-state index < -0.39 is 24.0 Å². The summed E-state index contributed by atoms with van der Waals surface area (Å²) in [6.45, 7) is 1.32. The van der Waals surface area contributed by atoms with Crippen molar-refractivity contribution in [3.05, 3.63) is 27.0 Å². The zero-order chi connectivity index (χ0) is 12.3. The minimum absolute atomic E-state index is 0.0633. The van der Waals surface area contributed by atoms with E-state index in [9.17, 15) is 14.7 Å². The fourth-order valence-corrected chi connectivity index (χ4v) is 1.33. The highest BCUT2D eigenvalue weighted by Gasteiger charge is 2.12. The third-order valence-electron chi connectivity index (χ3n) is 2.21. The summed E-state index contributed by atoms with van der Waals surface area (Å²) in [4.78, 5) is 23.2. The Morgan fingerprint density at radius 3 is 2.62 bits per heavy atom. The van der Waals surface area contributed by atoms with Gasteiger partial charge in [0.25, 0.3) is 5.56 Å². The highest BCUT2D eigenvalue weighted by Crippen LogP contribution is 1.91. The number of nitrogens with two attached hydrogens (primary N) is 1. The number of hydrogen-bond acceptors (Lipinski definition) is 5. The van der Waals surface area contributed by atoms with Crippen LogP contribution in [0.5, 0.6) is 0 Å². The predicted octanol–water partition coefficient (Wildman–Crippen LogP) is -2.03. The molecule has 0 bridgehead atoms. The topological polar surface area (TPSA) is 110 Å². The molecule has 0 saturated heterocycles. The summed E-state index contributed by atoms with van der Waals surface area (Å²) in [6.07, 6.45) is 0.115. The number of aryl methyl sites for hydroxylation is 1. The summed E-state index contributed by atoms with van der Waals surface area (Å²) in [5.41, 5.74) is 4.18. The molecule has 1 aromatic heterocycles. The van der Waals surface area contributed by atoms with E-state index in [2.05, 4.69) is 0 Å². The van der Waals surface area contributed by atoms with Crippen molar-refractivity contribution in [1.29, 1.82) is 0 Å². The number of nitrogens with zero attached hydrogens (tertiary/aromatic N) is 2. The minimum atomic E-state index is -1.16. The molecule has 90 valence electrons. The zero-order valence-electron chi connectivity index (χ0n) is 8.96. The molecule has 1 unspecified atom stereocenters. The Morgan fingerprint density at radius 1 is 1.50 bits per heavy atom. The molecule has 1 atom stereocenters. The molecule has 0 radical (unpaired) electrons. The van der Waals surface area contributed by atoms with Crippen LogP contribution < -0.4 is 17.0 Å². The lowest BCUT2D eigenvalue weighted by molar-refractivity contribution is 0.0789. The molecule has 1 aromatic rings. The molecule has 0 aliphatic carbocycles. The van der Waals surface area contributed by atoms with Crippen LogP contribution in [0.3, 0.4) is 0 Å². The third-order valence-corrected chi connectivity index (χ3v) is 2.21. The second kappa shape index (κ2) is 4.95. The van der Waals surface area contributed by atoms with Crippen LogP contribution in [0.25, 0.3) is 0 Å². The zero-order valence-corrected chi connectivity index (χ0v) is 8.96. The number of rotatable bonds is 4. The smallest absolute Gasteiger partial charge is 0.331 e. The molecule has 0 aromatic carbocycles. The Balaban J connectivity index is 3.31. The predicted molar refractivity (Wildman–Crippen MR) is 58.1 cm³/mol. The van der Waals surface area contributed by atoms with Crippen LogP contribution in [-0.2, 0) is 13.1 Å². The fraction of sp³-hybridized carbons (Fsp3) is 0.556. The van der Waals surface area contributed by atoms with Crippen LogP contribution in [0.1, 0.15) is 6.92 Å². The lowest BCUT2D eigenvalue weighted by atomic mass is 10.3. The SMILES string of the molecule is CCn1cc(N)c(=O)n(CC(O)CO)c1=O. The maximum absolute atomic E-state index is 11.7. The molecule has 1 rings (SSSR count). The Morgan fingerprint density at radius 2 is 2.12 bits per heavy atom. The maximum Gasteiger partial charge on any atom is 0.331 e. The summed E-state index contributed by atoms with van der Waals surface area (Å²) >= 11 is 0. The van der Waals surface area contributed by atoms with Crippen molar-refractivity contribution >= 4 is 5.69 Å². The molecule has 4 N–H and O–H groups in total. The van der Waals surface area contributed by atoms with Crippen LogP contribution >= 0.6 is 0 Å². The van der Waals surface area contributed by atoms with Crippen molar-refractivity contribution in [2.24, 2.45) is 0 Å². The van der Waals surface area contributed by atoms with Gasteiger partial charge >= 0.3 is 5.69 Å². The van der Waals surface area contributed by atoms with Crippen molar-refractivity contribution in [2.75, 3.05) is 12.3 Å². The highest BCUT2D eigenvalue weighted by atomic mass is 16.3. The van der Waals surface area contributed by atoms with Crippen LogP contribution in [0.2, 0.25) is 0 Å². The molecule has 0 aliphatic heterocycles. The standard InChI is InChI=1S/C9H15N3O4/c1-2-11-4-7(10)8(15)12(9(11)16)3-6(14)5-13/h4,6,13-14H,2-3,5,10H2,1H3. The largest absolute Gasteiger partial charge is 0.394 e. The molecule has 0 amide bonds. The third kappa shape index (κ3) is 2.31. The second-order valence-corrected chi connectivity index (χ2v) is 3.41. The van der Waals surface area contributed by atoms with Gasteiger partial charge in [-0.05, 0) is 6.92 Å². The molecular formula is C9H15N3O4. The van der Waals surface area contributed by atoms with Crippen molar-refractivity contribution < 1.29 is 10.2 Å². The highest BCUT2D eigenvalue weighted by molar-refractivity contribution is 5.30. The van der Waals surface area contributed by atoms with Gasteiger partial charge < -0.3 is 15.9 Å². The van der Waals surface area contributed by atoms with Crippen molar-refractivity contribution in [2.45, 2.75) is 26.1 Å². The van der Waals surface area contributed by atoms with Crippen LogP contribution in [0.4, 0.5) is 5.69 Å². The van der Waals surface area contributed by atoms with Gasteiger partial charge in [-0.15, -0.1) is 0 Å². The number of aromatic nitrogens is 2. The first-order valence-corrected chi connectivity index (χ1v) is 4.90. The Labute approximate surface area is 91.4 Å². The molecule has 0 saturated carbocycles. The van der Waals surface area contributed by atoms with Gasteiger partial charge in [-0.1, -0.05) is 0 Å².